The summed E-state index contributed by atoms with van der Waals surface area (Å²) in [6.07, 6.45) is 1.99. The van der Waals surface area contributed by atoms with Crippen molar-refractivity contribution in [1.29, 1.82) is 0 Å². The van der Waals surface area contributed by atoms with Crippen LogP contribution in [-0.2, 0) is 24.9 Å². The number of hydrogen-bond donors (Lipinski definition) is 0. The van der Waals surface area contributed by atoms with Gasteiger partial charge in [0.2, 0.25) is 0 Å². The van der Waals surface area contributed by atoms with Crippen molar-refractivity contribution in [3.8, 4) is 0 Å². The molecule has 0 aliphatic rings. The lowest BCUT2D eigenvalue weighted by atomic mass is 11.2. The van der Waals surface area contributed by atoms with Crippen molar-refractivity contribution in [2.75, 3.05) is 0 Å². The molecule has 0 unspecified atom stereocenters. The molecule has 0 rings (SSSR count). The van der Waals surface area contributed by atoms with E-state index >= 15 is 0 Å². The van der Waals surface area contributed by atoms with Crippen LogP contribution in [0.15, 0.2) is 25.7 Å². The Hall–Kier alpha value is -1.04. The van der Waals surface area contributed by atoms with Crippen LogP contribution in [0.2, 0.25) is 0 Å². The lowest BCUT2D eigenvalue weighted by molar-refractivity contribution is -0.692. The van der Waals surface area contributed by atoms with Crippen LogP contribution in [0.5, 0.6) is 0 Å². The summed E-state index contributed by atoms with van der Waals surface area (Å²) < 4.78 is 0. The predicted molar refractivity (Wildman–Crippen MR) is 25.8 cm³/mol. The van der Waals surface area contributed by atoms with Crippen LogP contribution in [0.4, 0.5) is 0 Å². The summed E-state index contributed by atoms with van der Waals surface area (Å²) >= 11 is 0. The van der Waals surface area contributed by atoms with E-state index in [0.717, 1.165) is 12.5 Å². The van der Waals surface area contributed by atoms with Crippen LogP contribution in [0.3, 0.4) is 0 Å². The average molecular weight is 134 g/mol. The van der Waals surface area contributed by atoms with Crippen LogP contribution < -0.4 is 0 Å². The Morgan fingerprint density at radius 1 is 0.778 bits per heavy atom. The van der Waals surface area contributed by atoms with E-state index in [4.69, 9.17) is 0 Å². The van der Waals surface area contributed by atoms with Gasteiger partial charge in [-0.2, -0.15) is 0 Å². The monoisotopic (exact) mass is 134 g/mol. The molecule has 0 spiro atoms. The molecule has 0 heterocycles. The fourth-order valence-corrected chi connectivity index (χ4v) is 0.0990. The quantitative estimate of drug-likeness (QED) is 0.235. The smallest absolute Gasteiger partial charge is 0.125 e. The van der Waals surface area contributed by atoms with Crippen LogP contribution >= 0.6 is 0 Å². The van der Waals surface area contributed by atoms with Gasteiger partial charge in [0.05, 0.1) is 0 Å². The van der Waals surface area contributed by atoms with Crippen molar-refractivity contribution in [2.45, 2.75) is 0 Å². The first-order valence-electron chi connectivity index (χ1n) is 1.95. The number of hydrogen-bond acceptors (Lipinski definition) is 5. The Morgan fingerprint density at radius 2 is 1.22 bits per heavy atom. The largest absolute Gasteiger partial charge is 0.315 e. The third-order valence-electron chi connectivity index (χ3n) is 0.270. The molecule has 52 valence electrons. The van der Waals surface area contributed by atoms with E-state index in [1.165, 1.54) is 0 Å². The second kappa shape index (κ2) is 6.96. The number of rotatable bonds is 6. The first kappa shape index (κ1) is 7.96. The van der Waals surface area contributed by atoms with Gasteiger partial charge in [0, 0.05) is 15.1 Å². The molecule has 5 nitrogen and oxygen atoms in total. The molecule has 5 heteroatoms. The topological polar surface area (TPSA) is 46.2 Å². The molecule has 0 saturated carbocycles. The summed E-state index contributed by atoms with van der Waals surface area (Å²) in [5.74, 6) is 0. The minimum atomic E-state index is 0.997. The van der Waals surface area contributed by atoms with Gasteiger partial charge in [-0.05, 0) is 0 Å². The van der Waals surface area contributed by atoms with Crippen molar-refractivity contribution in [1.82, 2.24) is 0 Å². The zero-order valence-corrected chi connectivity index (χ0v) is 4.61. The van der Waals surface area contributed by atoms with E-state index in [2.05, 4.69) is 38.0 Å². The van der Waals surface area contributed by atoms with Crippen LogP contribution in [-0.4, -0.2) is 0 Å². The minimum absolute atomic E-state index is 0.997. The zero-order valence-electron chi connectivity index (χ0n) is 4.61. The van der Waals surface area contributed by atoms with E-state index in [9.17, 15) is 0 Å². The van der Waals surface area contributed by atoms with Crippen molar-refractivity contribution in [3.63, 3.8) is 0 Å². The minimum Gasteiger partial charge on any atom is -0.315 e. The van der Waals surface area contributed by atoms with E-state index in [-0.39, 0.29) is 0 Å². The third kappa shape index (κ3) is 6.96. The summed E-state index contributed by atoms with van der Waals surface area (Å²) in [6.45, 7) is 6.27. The Bertz CT molecular complexity index is 71.0. The SMILES string of the molecule is C=COOOOOC=C. The van der Waals surface area contributed by atoms with Crippen molar-refractivity contribution >= 4 is 0 Å². The normalized spacial score (nSPS) is 8.00. The van der Waals surface area contributed by atoms with Gasteiger partial charge in [0.15, 0.2) is 0 Å². The maximum absolute atomic E-state index is 3.98. The lowest BCUT2D eigenvalue weighted by Crippen LogP contribution is -1.92. The van der Waals surface area contributed by atoms with Crippen molar-refractivity contribution in [2.24, 2.45) is 0 Å². The molecule has 0 aromatic rings. The van der Waals surface area contributed by atoms with Gasteiger partial charge < -0.3 is 9.78 Å². The molecule has 0 N–H and O–H groups in total. The lowest BCUT2D eigenvalue weighted by Gasteiger charge is -1.94. The van der Waals surface area contributed by atoms with Crippen LogP contribution in [0.1, 0.15) is 0 Å². The van der Waals surface area contributed by atoms with Gasteiger partial charge in [-0.25, -0.2) is 0 Å². The molecule has 0 fully saturated rings. The summed E-state index contributed by atoms with van der Waals surface area (Å²) in [5.41, 5.74) is 0. The van der Waals surface area contributed by atoms with Gasteiger partial charge in [0.1, 0.15) is 12.5 Å². The standard InChI is InChI=1S/C4H6O5/c1-3-5-7-9-8-6-4-2/h3-4H,1-2H2. The fraction of sp³-hybridized carbons (Fsp3) is 0. The second-order valence-corrected chi connectivity index (χ2v) is 0.730. The van der Waals surface area contributed by atoms with E-state index in [1.807, 2.05) is 0 Å². The molecule has 0 aliphatic carbocycles. The van der Waals surface area contributed by atoms with Gasteiger partial charge in [-0.15, -0.1) is 0 Å². The molecule has 0 aromatic heterocycles. The highest BCUT2D eigenvalue weighted by Gasteiger charge is 1.83. The van der Waals surface area contributed by atoms with Crippen LogP contribution in [0.25, 0.3) is 0 Å². The van der Waals surface area contributed by atoms with E-state index in [1.54, 1.807) is 0 Å². The highest BCUT2D eigenvalue weighted by Crippen LogP contribution is 1.84. The van der Waals surface area contributed by atoms with Crippen molar-refractivity contribution < 1.29 is 24.9 Å². The first-order chi connectivity index (χ1) is 4.41. The molecule has 0 atom stereocenters. The summed E-state index contributed by atoms with van der Waals surface area (Å²) in [6, 6.07) is 0. The second-order valence-electron chi connectivity index (χ2n) is 0.730. The predicted octanol–water partition coefficient (Wildman–Crippen LogP) is 1.02. The molecule has 0 amide bonds. The molecule has 9 heavy (non-hydrogen) atoms. The zero-order chi connectivity index (χ0) is 6.95. The van der Waals surface area contributed by atoms with Gasteiger partial charge >= 0.3 is 0 Å². The first-order valence-corrected chi connectivity index (χ1v) is 1.95. The molecule has 0 radical (unpaired) electrons. The highest BCUT2D eigenvalue weighted by molar-refractivity contribution is 4.41. The maximum atomic E-state index is 3.98. The Balaban J connectivity index is 2.74. The fourth-order valence-electron chi connectivity index (χ4n) is 0.0990. The van der Waals surface area contributed by atoms with Gasteiger partial charge in [-0.1, -0.05) is 13.2 Å². The summed E-state index contributed by atoms with van der Waals surface area (Å²) in [7, 11) is 0. The molecule has 0 aromatic carbocycles. The molecular formula is C4H6O5. The maximum Gasteiger partial charge on any atom is 0.125 e. The average Bonchev–Trinajstić information content (AvgIpc) is 1.89. The van der Waals surface area contributed by atoms with E-state index < -0.39 is 0 Å². The molecule has 0 aliphatic heterocycles. The Labute approximate surface area is 51.7 Å². The van der Waals surface area contributed by atoms with Gasteiger partial charge in [0.25, 0.3) is 0 Å². The summed E-state index contributed by atoms with van der Waals surface area (Å²) in [4.78, 5) is 7.96. The van der Waals surface area contributed by atoms with Crippen molar-refractivity contribution in [3.05, 3.63) is 25.7 Å². The van der Waals surface area contributed by atoms with E-state index in [0.29, 0.717) is 0 Å². The Kier molecular flexibility index (Phi) is 6.16. The third-order valence-corrected chi connectivity index (χ3v) is 0.270. The van der Waals surface area contributed by atoms with Gasteiger partial charge in [-0.3, -0.25) is 0 Å². The molecular weight excluding hydrogens is 128 g/mol. The molecule has 0 bridgehead atoms. The summed E-state index contributed by atoms with van der Waals surface area (Å²) in [5, 5.41) is 11.3. The Morgan fingerprint density at radius 3 is 1.56 bits per heavy atom. The highest BCUT2D eigenvalue weighted by atomic mass is 17.8. The van der Waals surface area contributed by atoms with Crippen LogP contribution in [0, 0.1) is 0 Å². The molecule has 0 saturated heterocycles.